The van der Waals surface area contributed by atoms with Crippen molar-refractivity contribution in [2.24, 2.45) is 0 Å². The van der Waals surface area contributed by atoms with Crippen LogP contribution in [0.15, 0.2) is 35.1 Å². The van der Waals surface area contributed by atoms with Gasteiger partial charge in [-0.15, -0.1) is 5.10 Å². The summed E-state index contributed by atoms with van der Waals surface area (Å²) in [6.07, 6.45) is 1.38. The van der Waals surface area contributed by atoms with E-state index in [1.165, 1.54) is 6.26 Å². The predicted molar refractivity (Wildman–Crippen MR) is 80.0 cm³/mol. The van der Waals surface area contributed by atoms with Gasteiger partial charge >= 0.3 is 0 Å². The highest BCUT2D eigenvalue weighted by molar-refractivity contribution is 6.02. The zero-order chi connectivity index (χ0) is 15.7. The second-order valence-electron chi connectivity index (χ2n) is 5.12. The van der Waals surface area contributed by atoms with Gasteiger partial charge in [-0.05, 0) is 44.0 Å². The van der Waals surface area contributed by atoms with Crippen LogP contribution in [-0.4, -0.2) is 26.1 Å². The molecule has 112 valence electrons. The van der Waals surface area contributed by atoms with Crippen molar-refractivity contribution in [1.29, 1.82) is 0 Å². The van der Waals surface area contributed by atoms with Crippen LogP contribution in [-0.2, 0) is 0 Å². The summed E-state index contributed by atoms with van der Waals surface area (Å²) in [6.45, 7) is 5.83. The van der Waals surface area contributed by atoms with Gasteiger partial charge < -0.3 is 9.84 Å². The molecule has 0 fully saturated rings. The van der Waals surface area contributed by atoms with Gasteiger partial charge in [-0.1, -0.05) is 16.4 Å². The molecule has 0 aliphatic heterocycles. The van der Waals surface area contributed by atoms with Crippen molar-refractivity contribution in [3.8, 4) is 5.69 Å². The lowest BCUT2D eigenvalue weighted by Crippen LogP contribution is -2.14. The summed E-state index contributed by atoms with van der Waals surface area (Å²) >= 11 is 0. The summed E-state index contributed by atoms with van der Waals surface area (Å²) in [6, 6.07) is 7.62. The Bertz CT molecular complexity index is 800. The Morgan fingerprint density at radius 1 is 1.18 bits per heavy atom. The van der Waals surface area contributed by atoms with Crippen LogP contribution >= 0.6 is 0 Å². The molecule has 0 bridgehead atoms. The number of nitrogens with zero attached hydrogens (tertiary/aromatic N) is 4. The van der Waals surface area contributed by atoms with Gasteiger partial charge in [-0.2, -0.15) is 0 Å². The fourth-order valence-electron chi connectivity index (χ4n) is 2.31. The molecule has 1 N–H and O–H groups in total. The van der Waals surface area contributed by atoms with E-state index in [2.05, 4.69) is 31.4 Å². The van der Waals surface area contributed by atoms with E-state index in [4.69, 9.17) is 0 Å². The first-order valence-electron chi connectivity index (χ1n) is 6.77. The van der Waals surface area contributed by atoms with E-state index in [9.17, 15) is 4.79 Å². The quantitative estimate of drug-likeness (QED) is 0.802. The molecule has 0 saturated heterocycles. The number of anilines is 1. The third kappa shape index (κ3) is 2.60. The third-order valence-corrected chi connectivity index (χ3v) is 3.24. The molecule has 7 nitrogen and oxygen atoms in total. The van der Waals surface area contributed by atoms with Crippen molar-refractivity contribution in [2.75, 3.05) is 5.32 Å². The van der Waals surface area contributed by atoms with E-state index in [0.29, 0.717) is 11.5 Å². The molecule has 0 saturated carbocycles. The first-order chi connectivity index (χ1) is 10.5. The van der Waals surface area contributed by atoms with Gasteiger partial charge in [-0.25, -0.2) is 4.68 Å². The van der Waals surface area contributed by atoms with E-state index in [-0.39, 0.29) is 11.6 Å². The van der Waals surface area contributed by atoms with Crippen LogP contribution in [0, 0.1) is 20.8 Å². The van der Waals surface area contributed by atoms with Crippen LogP contribution in [0.5, 0.6) is 0 Å². The minimum atomic E-state index is -0.373. The number of benzene rings is 1. The number of hydrogen-bond acceptors (Lipinski definition) is 5. The summed E-state index contributed by atoms with van der Waals surface area (Å²) < 4.78 is 6.33. The lowest BCUT2D eigenvalue weighted by atomic mass is 10.1. The van der Waals surface area contributed by atoms with E-state index < -0.39 is 0 Å². The Kier molecular flexibility index (Phi) is 3.46. The molecule has 0 aliphatic carbocycles. The van der Waals surface area contributed by atoms with Crippen molar-refractivity contribution >= 4 is 11.7 Å². The van der Waals surface area contributed by atoms with Crippen molar-refractivity contribution in [3.05, 3.63) is 53.0 Å². The van der Waals surface area contributed by atoms with E-state index in [0.717, 1.165) is 16.8 Å². The van der Waals surface area contributed by atoms with Gasteiger partial charge in [0.25, 0.3) is 5.91 Å². The van der Waals surface area contributed by atoms with Gasteiger partial charge in [0, 0.05) is 6.07 Å². The van der Waals surface area contributed by atoms with Crippen molar-refractivity contribution in [2.45, 2.75) is 20.8 Å². The molecular weight excluding hydrogens is 282 g/mol. The van der Waals surface area contributed by atoms with Crippen LogP contribution in [0.3, 0.4) is 0 Å². The maximum atomic E-state index is 12.2. The van der Waals surface area contributed by atoms with E-state index >= 15 is 0 Å². The lowest BCUT2D eigenvalue weighted by molar-refractivity contribution is 0.102. The summed E-state index contributed by atoms with van der Waals surface area (Å²) in [7, 11) is 0. The van der Waals surface area contributed by atoms with Crippen LogP contribution in [0.1, 0.15) is 27.3 Å². The van der Waals surface area contributed by atoms with Gasteiger partial charge in [0.15, 0.2) is 11.5 Å². The topological polar surface area (TPSA) is 85.8 Å². The molecule has 3 aromatic rings. The van der Waals surface area contributed by atoms with Crippen LogP contribution in [0.4, 0.5) is 5.82 Å². The Labute approximate surface area is 126 Å². The Morgan fingerprint density at radius 2 is 1.91 bits per heavy atom. The number of amides is 1. The van der Waals surface area contributed by atoms with Crippen molar-refractivity contribution in [3.63, 3.8) is 0 Å². The van der Waals surface area contributed by atoms with Gasteiger partial charge in [0.05, 0.1) is 11.4 Å². The number of rotatable bonds is 3. The molecule has 1 aromatic carbocycles. The number of carbonyl (C=O) groups excluding carboxylic acids is 1. The summed E-state index contributed by atoms with van der Waals surface area (Å²) in [4.78, 5) is 12.2. The average molecular weight is 297 g/mol. The molecule has 0 spiro atoms. The van der Waals surface area contributed by atoms with Gasteiger partial charge in [0.1, 0.15) is 6.26 Å². The molecular formula is C15H15N5O2. The molecule has 7 heteroatoms. The fourth-order valence-corrected chi connectivity index (χ4v) is 2.31. The Balaban J connectivity index is 1.93. The molecule has 22 heavy (non-hydrogen) atoms. The van der Waals surface area contributed by atoms with Crippen LogP contribution < -0.4 is 5.32 Å². The molecule has 2 aromatic heterocycles. The SMILES string of the molecule is Cc1cc(C)cc(-n2nnc(C(=O)Nc3ccon3)c2C)c1. The second-order valence-corrected chi connectivity index (χ2v) is 5.12. The molecule has 2 heterocycles. The largest absolute Gasteiger partial charge is 0.363 e. The number of carbonyl (C=O) groups is 1. The highest BCUT2D eigenvalue weighted by Gasteiger charge is 2.18. The van der Waals surface area contributed by atoms with Crippen LogP contribution in [0.25, 0.3) is 5.69 Å². The molecule has 1 amide bonds. The van der Waals surface area contributed by atoms with E-state index in [1.807, 2.05) is 26.0 Å². The van der Waals surface area contributed by atoms with Crippen LogP contribution in [0.2, 0.25) is 0 Å². The van der Waals surface area contributed by atoms with Gasteiger partial charge in [-0.3, -0.25) is 4.79 Å². The summed E-state index contributed by atoms with van der Waals surface area (Å²) in [5.74, 6) is -0.0348. The van der Waals surface area contributed by atoms with Crippen molar-refractivity contribution in [1.82, 2.24) is 20.2 Å². The van der Waals surface area contributed by atoms with Gasteiger partial charge in [0.2, 0.25) is 0 Å². The molecule has 0 radical (unpaired) electrons. The monoisotopic (exact) mass is 297 g/mol. The number of hydrogen-bond donors (Lipinski definition) is 1. The summed E-state index contributed by atoms with van der Waals surface area (Å²) in [5, 5.41) is 14.3. The number of aryl methyl sites for hydroxylation is 2. The first kappa shape index (κ1) is 14.0. The molecule has 0 aliphatic rings. The minimum absolute atomic E-state index is 0.252. The highest BCUT2D eigenvalue weighted by atomic mass is 16.5. The first-order valence-corrected chi connectivity index (χ1v) is 6.77. The highest BCUT2D eigenvalue weighted by Crippen LogP contribution is 2.16. The Morgan fingerprint density at radius 3 is 2.55 bits per heavy atom. The maximum absolute atomic E-state index is 12.2. The smallest absolute Gasteiger partial charge is 0.279 e. The normalized spacial score (nSPS) is 10.7. The maximum Gasteiger partial charge on any atom is 0.279 e. The zero-order valence-corrected chi connectivity index (χ0v) is 12.5. The third-order valence-electron chi connectivity index (χ3n) is 3.24. The lowest BCUT2D eigenvalue weighted by Gasteiger charge is -2.06. The average Bonchev–Trinajstić information content (AvgIpc) is 3.07. The number of nitrogens with one attached hydrogen (secondary N) is 1. The van der Waals surface area contributed by atoms with E-state index in [1.54, 1.807) is 17.7 Å². The summed E-state index contributed by atoms with van der Waals surface area (Å²) in [5.41, 5.74) is 4.04. The molecule has 0 atom stereocenters. The molecule has 3 rings (SSSR count). The second kappa shape index (κ2) is 5.44. The Hall–Kier alpha value is -2.96. The zero-order valence-electron chi connectivity index (χ0n) is 12.5. The fraction of sp³-hybridized carbons (Fsp3) is 0.200. The standard InChI is InChI=1S/C15H15N5O2/c1-9-6-10(2)8-12(7-9)20-11(3)14(17-19-20)15(21)16-13-4-5-22-18-13/h4-8H,1-3H3,(H,16,18,21). The predicted octanol–water partition coefficient (Wildman–Crippen LogP) is 2.43. The van der Waals surface area contributed by atoms with Crippen molar-refractivity contribution < 1.29 is 9.32 Å². The molecule has 0 unspecified atom stereocenters. The number of aromatic nitrogens is 4. The minimum Gasteiger partial charge on any atom is -0.363 e.